The highest BCUT2D eigenvalue weighted by Crippen LogP contribution is 2.16. The lowest BCUT2D eigenvalue weighted by molar-refractivity contribution is -0.142. The third-order valence-corrected chi connectivity index (χ3v) is 11.7. The Morgan fingerprint density at radius 3 is 1.36 bits per heavy atom. The number of nitrogens with two attached hydrogens (primary N) is 1. The SMILES string of the molecule is CC.NC=O.[B]C(=O)C(C)C.[B]NC(CCCCNC(=C)C(CCCC[C@H](CCCCNC(=C)CCC(NC(=O)CCCCCCCCCCCCCCCCC(=C)O)C(=O)O)NC)NC)C(=O)O. The van der Waals surface area contributed by atoms with Gasteiger partial charge in [-0.15, -0.1) is 0 Å². The monoisotopic (exact) mass is 974 g/mol. The van der Waals surface area contributed by atoms with Gasteiger partial charge in [0.2, 0.25) is 12.3 Å². The van der Waals surface area contributed by atoms with Crippen LogP contribution < -0.4 is 37.5 Å². The molecule has 0 bridgehead atoms. The van der Waals surface area contributed by atoms with Crippen molar-refractivity contribution in [2.24, 2.45) is 11.7 Å². The van der Waals surface area contributed by atoms with Gasteiger partial charge in [-0.3, -0.25) is 14.4 Å². The fourth-order valence-electron chi connectivity index (χ4n) is 7.24. The summed E-state index contributed by atoms with van der Waals surface area (Å²) in [6.45, 7) is 20.9. The Balaban J connectivity index is -0.00000172. The zero-order valence-corrected chi connectivity index (χ0v) is 44.4. The van der Waals surface area contributed by atoms with Crippen molar-refractivity contribution in [3.8, 4) is 0 Å². The Hall–Kier alpha value is -3.82. The van der Waals surface area contributed by atoms with E-state index in [9.17, 15) is 24.3 Å². The van der Waals surface area contributed by atoms with Gasteiger partial charge in [-0.1, -0.05) is 144 Å². The number of aliphatic hydroxyl groups is 1. The van der Waals surface area contributed by atoms with Crippen molar-refractivity contribution in [1.82, 2.24) is 31.8 Å². The Bertz CT molecular complexity index is 1310. The van der Waals surface area contributed by atoms with Crippen LogP contribution in [0, 0.1) is 5.92 Å². The van der Waals surface area contributed by atoms with Crippen LogP contribution in [0.15, 0.2) is 36.9 Å². The molecule has 0 aromatic rings. The minimum Gasteiger partial charge on any atom is -0.513 e. The van der Waals surface area contributed by atoms with Crippen LogP contribution in [0.3, 0.4) is 0 Å². The molecule has 3 unspecified atom stereocenters. The summed E-state index contributed by atoms with van der Waals surface area (Å²) in [5.41, 5.74) is 5.69. The molecule has 0 saturated carbocycles. The molecule has 0 aliphatic heterocycles. The summed E-state index contributed by atoms with van der Waals surface area (Å²) in [5.74, 6) is -1.83. The van der Waals surface area contributed by atoms with Gasteiger partial charge in [0.25, 0.3) is 0 Å². The summed E-state index contributed by atoms with van der Waals surface area (Å²) in [6, 6.07) is -0.988. The van der Waals surface area contributed by atoms with E-state index in [-0.39, 0.29) is 30.0 Å². The van der Waals surface area contributed by atoms with Gasteiger partial charge in [-0.05, 0) is 84.7 Å². The van der Waals surface area contributed by atoms with Crippen molar-refractivity contribution in [2.75, 3.05) is 27.2 Å². The summed E-state index contributed by atoms with van der Waals surface area (Å²) in [7, 11) is 14.1. The zero-order chi connectivity index (χ0) is 53.1. The molecule has 0 saturated heterocycles. The van der Waals surface area contributed by atoms with Crippen molar-refractivity contribution in [3.05, 3.63) is 36.9 Å². The number of likely N-dealkylation sites (N-methyl/N-ethyl adjacent to an activating group) is 1. The van der Waals surface area contributed by atoms with Crippen LogP contribution in [0.1, 0.15) is 207 Å². The van der Waals surface area contributed by atoms with Crippen LogP contribution in [0.4, 0.5) is 0 Å². The first-order chi connectivity index (χ1) is 33.0. The smallest absolute Gasteiger partial charge is 0.326 e. The Labute approximate surface area is 422 Å². The molecule has 0 rings (SSSR count). The molecule has 0 spiro atoms. The molecular formula is C52H101B2N7O8. The van der Waals surface area contributed by atoms with Gasteiger partial charge < -0.3 is 57.7 Å². The minimum atomic E-state index is -1.01. The summed E-state index contributed by atoms with van der Waals surface area (Å²) in [6.07, 6.45) is 28.2. The van der Waals surface area contributed by atoms with E-state index in [0.29, 0.717) is 37.5 Å². The first-order valence-corrected chi connectivity index (χ1v) is 26.2. The first-order valence-electron chi connectivity index (χ1n) is 26.2. The van der Waals surface area contributed by atoms with Gasteiger partial charge in [-0.25, -0.2) is 4.79 Å². The largest absolute Gasteiger partial charge is 0.513 e. The van der Waals surface area contributed by atoms with Crippen LogP contribution >= 0.6 is 0 Å². The summed E-state index contributed by atoms with van der Waals surface area (Å²) in [4.78, 5) is 53.9. The zero-order valence-electron chi connectivity index (χ0n) is 44.4. The Morgan fingerprint density at radius 1 is 0.565 bits per heavy atom. The van der Waals surface area contributed by atoms with Gasteiger partial charge >= 0.3 is 11.9 Å². The van der Waals surface area contributed by atoms with Crippen molar-refractivity contribution in [2.45, 2.75) is 232 Å². The number of unbranched alkanes of at least 4 members (excludes halogenated alkanes) is 16. The number of hydrogen-bond donors (Lipinski definition) is 10. The number of allylic oxidation sites excluding steroid dienone is 2. The second-order valence-electron chi connectivity index (χ2n) is 17.8. The molecule has 69 heavy (non-hydrogen) atoms. The first kappa shape index (κ1) is 71.7. The average Bonchev–Trinajstić information content (AvgIpc) is 3.31. The molecule has 398 valence electrons. The molecule has 4 atom stereocenters. The quantitative estimate of drug-likeness (QED) is 0.0119. The lowest BCUT2D eigenvalue weighted by atomic mass is 9.92. The highest BCUT2D eigenvalue weighted by Gasteiger charge is 2.20. The van der Waals surface area contributed by atoms with E-state index in [2.05, 4.69) is 57.3 Å². The highest BCUT2D eigenvalue weighted by molar-refractivity contribution is 6.58. The molecule has 4 radical (unpaired) electrons. The van der Waals surface area contributed by atoms with Gasteiger partial charge in [0, 0.05) is 55.3 Å². The van der Waals surface area contributed by atoms with Crippen molar-refractivity contribution in [3.63, 3.8) is 0 Å². The standard InChI is InChI=1S/C45H85BN6O6.C4H7BO.C2H6.CH3NO/c1-36(32-33-41(44(55)56)51-43(54)31-19-17-15-13-11-9-7-6-8-10-12-14-16-18-26-37(2)53)49-34-24-22-28-39(47-4)27-20-21-29-40(48-5)38(3)50-35-25-23-30-42(52-46)45(57)58;1-3(2)4(5)6;1-2;2-1-3/h39-42,47-50,52-53H,1-3,6-35H2,4-5H3,(H,51,54)(H,55,56)(H,57,58);3H,1-2H3;1-2H3;1H,(H2,2,3)/t39-,40?,41?,42?;;;/m1.../s1. The molecular weight excluding hydrogens is 872 g/mol. The number of carbonyl (C=O) groups is 5. The predicted octanol–water partition coefficient (Wildman–Crippen LogP) is 8.52. The molecule has 0 aromatic carbocycles. The molecule has 0 aliphatic carbocycles. The van der Waals surface area contributed by atoms with Crippen LogP contribution in [0.5, 0.6) is 0 Å². The maximum atomic E-state index is 12.5. The molecule has 0 fully saturated rings. The average molecular weight is 974 g/mol. The third kappa shape index (κ3) is 51.8. The van der Waals surface area contributed by atoms with E-state index in [4.69, 9.17) is 30.8 Å². The Morgan fingerprint density at radius 2 is 0.957 bits per heavy atom. The fourth-order valence-corrected chi connectivity index (χ4v) is 7.24. The maximum absolute atomic E-state index is 12.5. The van der Waals surface area contributed by atoms with Crippen LogP contribution in [0.2, 0.25) is 0 Å². The van der Waals surface area contributed by atoms with E-state index >= 15 is 0 Å². The van der Waals surface area contributed by atoms with E-state index in [1.165, 1.54) is 64.2 Å². The number of carboxylic acids is 2. The third-order valence-electron chi connectivity index (χ3n) is 11.7. The summed E-state index contributed by atoms with van der Waals surface area (Å²) >= 11 is 0. The number of primary amides is 1. The normalized spacial score (nSPS) is 12.2. The topological polar surface area (TPSA) is 244 Å². The number of aliphatic carboxylic acids is 2. The number of hydrogen-bond acceptors (Lipinski definition) is 11. The second kappa shape index (κ2) is 53.5. The lowest BCUT2D eigenvalue weighted by Gasteiger charge is -2.21. The lowest BCUT2D eigenvalue weighted by Crippen LogP contribution is -2.40. The van der Waals surface area contributed by atoms with E-state index in [1.54, 1.807) is 13.8 Å². The number of carboxylic acid groups (broad SMARTS) is 2. The number of carbonyl (C=O) groups excluding carboxylic acids is 3. The molecule has 17 heteroatoms. The van der Waals surface area contributed by atoms with Crippen molar-refractivity contribution < 1.29 is 39.3 Å². The predicted molar refractivity (Wildman–Crippen MR) is 288 cm³/mol. The molecule has 0 aromatic heterocycles. The molecule has 0 heterocycles. The van der Waals surface area contributed by atoms with Crippen LogP contribution in [-0.2, 0) is 24.0 Å². The molecule has 2 amide bonds. The molecule has 11 N–H and O–H groups in total. The van der Waals surface area contributed by atoms with Gasteiger partial charge in [0.15, 0.2) is 15.8 Å². The second-order valence-corrected chi connectivity index (χ2v) is 17.8. The summed E-state index contributed by atoms with van der Waals surface area (Å²) in [5, 5.41) is 46.5. The van der Waals surface area contributed by atoms with Crippen molar-refractivity contribution in [1.29, 1.82) is 0 Å². The number of nitrogens with one attached hydrogen (secondary N) is 6. The van der Waals surface area contributed by atoms with Crippen LogP contribution in [0.25, 0.3) is 0 Å². The minimum absolute atomic E-state index is 0.00926. The number of aliphatic hydroxyl groups excluding tert-OH is 1. The van der Waals surface area contributed by atoms with Crippen LogP contribution in [-0.4, -0.2) is 112 Å². The van der Waals surface area contributed by atoms with E-state index in [1.807, 2.05) is 27.9 Å². The molecule has 15 nitrogen and oxygen atoms in total. The number of amides is 2. The maximum Gasteiger partial charge on any atom is 0.326 e. The van der Waals surface area contributed by atoms with E-state index in [0.717, 1.165) is 114 Å². The molecule has 0 aliphatic rings. The Kier molecular flexibility index (Phi) is 55.6. The van der Waals surface area contributed by atoms with E-state index < -0.39 is 24.0 Å². The van der Waals surface area contributed by atoms with Gasteiger partial charge in [0.1, 0.15) is 6.04 Å². The van der Waals surface area contributed by atoms with Gasteiger partial charge in [0.05, 0.1) is 17.5 Å². The summed E-state index contributed by atoms with van der Waals surface area (Å²) < 4.78 is 0. The number of rotatable bonds is 45. The van der Waals surface area contributed by atoms with Crippen molar-refractivity contribution >= 4 is 45.8 Å². The van der Waals surface area contributed by atoms with Gasteiger partial charge in [-0.2, -0.15) is 0 Å². The highest BCUT2D eigenvalue weighted by atomic mass is 16.4. The fraction of sp³-hybridized carbons (Fsp3) is 0.788.